The van der Waals surface area contributed by atoms with Crippen LogP contribution in [-0.2, 0) is 19.1 Å². The molecule has 0 rings (SSSR count). The van der Waals surface area contributed by atoms with Crippen molar-refractivity contribution in [1.82, 2.24) is 0 Å². The second kappa shape index (κ2) is 8.04. The first-order valence-corrected chi connectivity index (χ1v) is 7.70. The van der Waals surface area contributed by atoms with Crippen LogP contribution in [0.2, 0.25) is 0 Å². The maximum Gasteiger partial charge on any atom is 0.333 e. The van der Waals surface area contributed by atoms with E-state index in [4.69, 9.17) is 9.47 Å². The molecule has 6 nitrogen and oxygen atoms in total. The summed E-state index contributed by atoms with van der Waals surface area (Å²) in [5.74, 6) is -1.15. The van der Waals surface area contributed by atoms with Crippen molar-refractivity contribution in [2.75, 3.05) is 25.5 Å². The molecule has 0 aliphatic carbocycles. The molecule has 0 saturated heterocycles. The average Bonchev–Trinajstić information content (AvgIpc) is 2.27. The van der Waals surface area contributed by atoms with E-state index in [9.17, 15) is 19.4 Å². The summed E-state index contributed by atoms with van der Waals surface area (Å²) in [6, 6.07) is 0. The number of carbonyl (C=O) groups is 2. The van der Waals surface area contributed by atoms with Crippen molar-refractivity contribution >= 4 is 19.7 Å². The third kappa shape index (κ3) is 8.48. The lowest BCUT2D eigenvalue weighted by Gasteiger charge is -2.13. The molecule has 0 radical (unpaired) electrons. The van der Waals surface area contributed by atoms with Gasteiger partial charge in [-0.1, -0.05) is 13.2 Å². The molecule has 0 aromatic heterocycles. The minimum Gasteiger partial charge on any atom is -0.458 e. The van der Waals surface area contributed by atoms with E-state index in [0.29, 0.717) is 0 Å². The standard InChI is InChI=1S/C12H20O6P/c1-9(2)11(13)17-5-7-19(15,16)8-6-18-12(14)10(3)4/h15-16H,1,3,5-8H2,2,4H3/q+1. The van der Waals surface area contributed by atoms with E-state index in [2.05, 4.69) is 13.2 Å². The molecular weight excluding hydrogens is 271 g/mol. The molecule has 0 amide bonds. The van der Waals surface area contributed by atoms with Crippen LogP contribution in [0.25, 0.3) is 0 Å². The second-order valence-corrected chi connectivity index (χ2v) is 6.81. The van der Waals surface area contributed by atoms with Crippen molar-refractivity contribution in [1.29, 1.82) is 0 Å². The van der Waals surface area contributed by atoms with Crippen LogP contribution in [0, 0.1) is 0 Å². The molecular formula is C12H20O6P+. The first-order valence-electron chi connectivity index (χ1n) is 5.63. The van der Waals surface area contributed by atoms with Crippen LogP contribution in [0.4, 0.5) is 0 Å². The third-order valence-corrected chi connectivity index (χ3v) is 3.86. The smallest absolute Gasteiger partial charge is 0.333 e. The molecule has 108 valence electrons. The minimum absolute atomic E-state index is 0.0728. The monoisotopic (exact) mass is 291 g/mol. The Morgan fingerprint density at radius 2 is 1.26 bits per heavy atom. The predicted octanol–water partition coefficient (Wildman–Crippen LogP) is 1.06. The van der Waals surface area contributed by atoms with Gasteiger partial charge in [0.25, 0.3) is 7.72 Å². The number of carbonyl (C=O) groups excluding carboxylic acids is 2. The van der Waals surface area contributed by atoms with Gasteiger partial charge in [-0.3, -0.25) is 0 Å². The van der Waals surface area contributed by atoms with Crippen molar-refractivity contribution < 1.29 is 28.8 Å². The SMILES string of the molecule is C=C(C)C(=O)OCC[P+](O)(O)CCOC(=O)C(=C)C. The van der Waals surface area contributed by atoms with Gasteiger partial charge in [0, 0.05) is 11.1 Å². The molecule has 0 atom stereocenters. The van der Waals surface area contributed by atoms with Gasteiger partial charge < -0.3 is 9.47 Å². The van der Waals surface area contributed by atoms with Gasteiger partial charge in [-0.2, -0.15) is 0 Å². The van der Waals surface area contributed by atoms with E-state index >= 15 is 0 Å². The Kier molecular flexibility index (Phi) is 7.52. The van der Waals surface area contributed by atoms with Crippen molar-refractivity contribution in [2.45, 2.75) is 13.8 Å². The normalized spacial score (nSPS) is 10.7. The van der Waals surface area contributed by atoms with Gasteiger partial charge in [-0.05, 0) is 13.8 Å². The highest BCUT2D eigenvalue weighted by Crippen LogP contribution is 2.48. The van der Waals surface area contributed by atoms with E-state index in [1.165, 1.54) is 13.8 Å². The van der Waals surface area contributed by atoms with Crippen LogP contribution in [0.3, 0.4) is 0 Å². The van der Waals surface area contributed by atoms with Crippen LogP contribution in [0.1, 0.15) is 13.8 Å². The van der Waals surface area contributed by atoms with Crippen LogP contribution in [0.5, 0.6) is 0 Å². The molecule has 0 spiro atoms. The van der Waals surface area contributed by atoms with Crippen molar-refractivity contribution in [2.24, 2.45) is 0 Å². The number of hydrogen-bond acceptors (Lipinski definition) is 6. The fraction of sp³-hybridized carbons (Fsp3) is 0.500. The highest BCUT2D eigenvalue weighted by Gasteiger charge is 2.33. The molecule has 0 fully saturated rings. The van der Waals surface area contributed by atoms with Gasteiger partial charge in [0.2, 0.25) is 0 Å². The van der Waals surface area contributed by atoms with Gasteiger partial charge in [0.15, 0.2) is 0 Å². The Labute approximate surface area is 113 Å². The molecule has 0 unspecified atom stereocenters. The Balaban J connectivity index is 3.92. The summed E-state index contributed by atoms with van der Waals surface area (Å²) in [4.78, 5) is 41.4. The number of ether oxygens (including phenoxy) is 2. The molecule has 7 heteroatoms. The zero-order chi connectivity index (χ0) is 15.1. The summed E-state index contributed by atoms with van der Waals surface area (Å²) in [5.41, 5.74) is 0.491. The summed E-state index contributed by atoms with van der Waals surface area (Å²) in [6.45, 7) is 9.58. The highest BCUT2D eigenvalue weighted by molar-refractivity contribution is 7.64. The number of rotatable bonds is 8. The number of hydrogen-bond donors (Lipinski definition) is 2. The van der Waals surface area contributed by atoms with E-state index in [0.717, 1.165) is 0 Å². The van der Waals surface area contributed by atoms with Gasteiger partial charge in [-0.25, -0.2) is 19.4 Å². The van der Waals surface area contributed by atoms with E-state index < -0.39 is 19.7 Å². The lowest BCUT2D eigenvalue weighted by molar-refractivity contribution is -0.139. The van der Waals surface area contributed by atoms with Crippen LogP contribution >= 0.6 is 7.72 Å². The van der Waals surface area contributed by atoms with Gasteiger partial charge >= 0.3 is 11.9 Å². The fourth-order valence-corrected chi connectivity index (χ4v) is 1.92. The molecule has 0 aromatic rings. The van der Waals surface area contributed by atoms with Crippen LogP contribution in [0.15, 0.2) is 24.3 Å². The molecule has 0 heterocycles. The first kappa shape index (κ1) is 17.8. The summed E-state index contributed by atoms with van der Waals surface area (Å²) < 4.78 is 9.50. The number of esters is 2. The maximum absolute atomic E-state index is 11.1. The molecule has 0 aliphatic heterocycles. The molecule has 2 N–H and O–H groups in total. The lowest BCUT2D eigenvalue weighted by atomic mass is 10.4. The minimum atomic E-state index is -3.23. The maximum atomic E-state index is 11.1. The quantitative estimate of drug-likeness (QED) is 0.394. The van der Waals surface area contributed by atoms with Crippen molar-refractivity contribution in [3.05, 3.63) is 24.3 Å². The summed E-state index contributed by atoms with van der Waals surface area (Å²) in [5, 5.41) is 0. The Morgan fingerprint density at radius 1 is 0.947 bits per heavy atom. The Hall–Kier alpha value is -1.23. The molecule has 19 heavy (non-hydrogen) atoms. The second-order valence-electron chi connectivity index (χ2n) is 4.16. The topological polar surface area (TPSA) is 93.1 Å². The van der Waals surface area contributed by atoms with E-state index in [1.54, 1.807) is 0 Å². The average molecular weight is 291 g/mol. The van der Waals surface area contributed by atoms with Gasteiger partial charge in [-0.15, -0.1) is 0 Å². The Bertz CT molecular complexity index is 340. The van der Waals surface area contributed by atoms with E-state index in [1.807, 2.05) is 0 Å². The summed E-state index contributed by atoms with van der Waals surface area (Å²) in [6.07, 6.45) is -0.146. The molecule has 0 aromatic carbocycles. The predicted molar refractivity (Wildman–Crippen MR) is 72.6 cm³/mol. The summed E-state index contributed by atoms with van der Waals surface area (Å²) >= 11 is 0. The van der Waals surface area contributed by atoms with Gasteiger partial charge in [0.05, 0.1) is 0 Å². The zero-order valence-corrected chi connectivity index (χ0v) is 12.1. The largest absolute Gasteiger partial charge is 0.458 e. The van der Waals surface area contributed by atoms with Crippen molar-refractivity contribution in [3.63, 3.8) is 0 Å². The molecule has 0 saturated carbocycles. The lowest BCUT2D eigenvalue weighted by Crippen LogP contribution is -2.16. The van der Waals surface area contributed by atoms with E-state index in [-0.39, 0.29) is 36.7 Å². The van der Waals surface area contributed by atoms with Crippen LogP contribution < -0.4 is 0 Å². The fourth-order valence-electron chi connectivity index (χ4n) is 0.927. The zero-order valence-electron chi connectivity index (χ0n) is 11.2. The van der Waals surface area contributed by atoms with Crippen molar-refractivity contribution in [3.8, 4) is 0 Å². The highest BCUT2D eigenvalue weighted by atomic mass is 31.2. The third-order valence-electron chi connectivity index (χ3n) is 2.06. The van der Waals surface area contributed by atoms with Crippen LogP contribution in [-0.4, -0.2) is 47.3 Å². The van der Waals surface area contributed by atoms with Gasteiger partial charge in [0.1, 0.15) is 25.5 Å². The Morgan fingerprint density at radius 3 is 1.53 bits per heavy atom. The molecule has 0 bridgehead atoms. The summed E-state index contributed by atoms with van der Waals surface area (Å²) in [7, 11) is -3.23. The first-order chi connectivity index (χ1) is 8.65. The molecule has 0 aliphatic rings.